The van der Waals surface area contributed by atoms with E-state index in [-0.39, 0.29) is 30.5 Å². The van der Waals surface area contributed by atoms with Crippen LogP contribution in [-0.2, 0) is 9.53 Å². The predicted molar refractivity (Wildman–Crippen MR) is 79.7 cm³/mol. The molecule has 0 aromatic heterocycles. The highest BCUT2D eigenvalue weighted by molar-refractivity contribution is 6.30. The van der Waals surface area contributed by atoms with Crippen LogP contribution in [-0.4, -0.2) is 25.1 Å². The molecule has 0 aliphatic rings. The molecule has 0 spiro atoms. The number of nitrogens with two attached hydrogens (primary N) is 1. The van der Waals surface area contributed by atoms with E-state index in [1.165, 1.54) is 0 Å². The summed E-state index contributed by atoms with van der Waals surface area (Å²) in [5, 5.41) is 3.49. The summed E-state index contributed by atoms with van der Waals surface area (Å²) in [6, 6.07) is 6.65. The van der Waals surface area contributed by atoms with Crippen LogP contribution in [0.15, 0.2) is 24.3 Å². The Morgan fingerprint density at radius 1 is 1.32 bits per heavy atom. The Morgan fingerprint density at radius 2 is 1.84 bits per heavy atom. The van der Waals surface area contributed by atoms with Crippen molar-refractivity contribution < 1.29 is 9.53 Å². The maximum Gasteiger partial charge on any atom is 0.236 e. The first-order valence-electron chi connectivity index (χ1n) is 5.80. The molecule has 1 aromatic carbocycles. The molecule has 1 amide bonds. The lowest BCUT2D eigenvalue weighted by molar-refractivity contribution is -0.123. The molecule has 0 aliphatic carbocycles. The molecule has 0 saturated heterocycles. The van der Waals surface area contributed by atoms with Gasteiger partial charge in [0.2, 0.25) is 5.91 Å². The zero-order valence-corrected chi connectivity index (χ0v) is 12.8. The van der Waals surface area contributed by atoms with Gasteiger partial charge in [-0.1, -0.05) is 23.7 Å². The summed E-state index contributed by atoms with van der Waals surface area (Å²) in [5.41, 5.74) is 6.47. The first kappa shape index (κ1) is 18.2. The topological polar surface area (TPSA) is 64.3 Å². The third-order valence-corrected chi connectivity index (χ3v) is 2.94. The number of hydrogen-bond acceptors (Lipinski definition) is 3. The molecule has 0 fully saturated rings. The first-order valence-corrected chi connectivity index (χ1v) is 6.17. The van der Waals surface area contributed by atoms with E-state index in [1.54, 1.807) is 26.2 Å². The van der Waals surface area contributed by atoms with Crippen LogP contribution in [0.2, 0.25) is 5.02 Å². The molecule has 6 heteroatoms. The highest BCUT2D eigenvalue weighted by Gasteiger charge is 2.21. The number of benzene rings is 1. The normalized spacial score (nSPS) is 15.0. The fourth-order valence-corrected chi connectivity index (χ4v) is 1.84. The number of methoxy groups -OCH3 is 1. The Morgan fingerprint density at radius 3 is 2.26 bits per heavy atom. The summed E-state index contributed by atoms with van der Waals surface area (Å²) in [7, 11) is 1.60. The number of nitrogens with one attached hydrogen (secondary N) is 1. The lowest BCUT2D eigenvalue weighted by Crippen LogP contribution is -2.45. The van der Waals surface area contributed by atoms with Gasteiger partial charge < -0.3 is 15.8 Å². The molecule has 0 bridgehead atoms. The van der Waals surface area contributed by atoms with E-state index in [1.807, 2.05) is 19.1 Å². The van der Waals surface area contributed by atoms with Crippen LogP contribution >= 0.6 is 24.0 Å². The number of carbonyl (C=O) groups excluding carboxylic acids is 1. The second kappa shape index (κ2) is 8.38. The minimum atomic E-state index is -0.532. The summed E-state index contributed by atoms with van der Waals surface area (Å²) in [5.74, 6) is -0.196. The average molecular weight is 307 g/mol. The summed E-state index contributed by atoms with van der Waals surface area (Å²) in [6.45, 7) is 3.52. The second-order valence-corrected chi connectivity index (χ2v) is 4.73. The van der Waals surface area contributed by atoms with Crippen molar-refractivity contribution in [1.29, 1.82) is 0 Å². The lowest BCUT2D eigenvalue weighted by Gasteiger charge is -2.25. The van der Waals surface area contributed by atoms with Crippen molar-refractivity contribution in [2.45, 2.75) is 32.0 Å². The Hall–Kier alpha value is -0.810. The maximum atomic E-state index is 11.5. The van der Waals surface area contributed by atoms with Gasteiger partial charge in [0, 0.05) is 12.1 Å². The van der Waals surface area contributed by atoms with Crippen LogP contribution in [0, 0.1) is 0 Å². The number of carbonyl (C=O) groups is 1. The first-order chi connectivity index (χ1) is 8.45. The number of amides is 1. The zero-order valence-electron chi connectivity index (χ0n) is 11.2. The molecule has 19 heavy (non-hydrogen) atoms. The number of hydrogen-bond donors (Lipinski definition) is 2. The summed E-state index contributed by atoms with van der Waals surface area (Å²) < 4.78 is 5.42. The number of halogens is 2. The Kier molecular flexibility index (Phi) is 8.02. The average Bonchev–Trinajstić information content (AvgIpc) is 2.32. The van der Waals surface area contributed by atoms with E-state index in [9.17, 15) is 4.79 Å². The summed E-state index contributed by atoms with van der Waals surface area (Å²) >= 11 is 5.84. The minimum Gasteiger partial charge on any atom is -0.375 e. The highest BCUT2D eigenvalue weighted by atomic mass is 35.5. The van der Waals surface area contributed by atoms with Crippen molar-refractivity contribution >= 4 is 29.9 Å². The van der Waals surface area contributed by atoms with Crippen LogP contribution < -0.4 is 11.1 Å². The van der Waals surface area contributed by atoms with Crippen molar-refractivity contribution in [3.8, 4) is 0 Å². The van der Waals surface area contributed by atoms with Crippen molar-refractivity contribution in [2.24, 2.45) is 5.73 Å². The van der Waals surface area contributed by atoms with Gasteiger partial charge in [0.25, 0.3) is 0 Å². The molecule has 1 rings (SSSR count). The van der Waals surface area contributed by atoms with Gasteiger partial charge >= 0.3 is 0 Å². The smallest absolute Gasteiger partial charge is 0.236 e. The van der Waals surface area contributed by atoms with Gasteiger partial charge in [-0.3, -0.25) is 4.79 Å². The molecule has 1 aromatic rings. The van der Waals surface area contributed by atoms with E-state index in [0.717, 1.165) is 5.56 Å². The largest absolute Gasteiger partial charge is 0.375 e. The zero-order chi connectivity index (χ0) is 13.7. The molecule has 4 nitrogen and oxygen atoms in total. The Bertz CT molecular complexity index is 396. The molecule has 3 atom stereocenters. The van der Waals surface area contributed by atoms with Gasteiger partial charge in [-0.05, 0) is 31.5 Å². The molecular weight excluding hydrogens is 287 g/mol. The Labute approximate surface area is 125 Å². The third-order valence-electron chi connectivity index (χ3n) is 2.69. The van der Waals surface area contributed by atoms with Crippen LogP contribution in [0.3, 0.4) is 0 Å². The van der Waals surface area contributed by atoms with E-state index in [4.69, 9.17) is 22.1 Å². The van der Waals surface area contributed by atoms with Gasteiger partial charge in [-0.2, -0.15) is 0 Å². The molecule has 0 heterocycles. The number of rotatable bonds is 5. The summed E-state index contributed by atoms with van der Waals surface area (Å²) in [4.78, 5) is 11.5. The van der Waals surface area contributed by atoms with Crippen LogP contribution in [0.25, 0.3) is 0 Å². The SMILES string of the molecule is COC(c1ccc(Cl)cc1)C(C)NC(=O)[C@H](C)N.Cl. The van der Waals surface area contributed by atoms with E-state index in [2.05, 4.69) is 5.32 Å². The number of ether oxygens (including phenoxy) is 1. The standard InChI is InChI=1S/C13H19ClN2O2.ClH/c1-8(15)13(17)16-9(2)12(18-3)10-4-6-11(14)7-5-10;/h4-9,12H,15H2,1-3H3,(H,16,17);1H/t8-,9?,12?;/m0./s1. The third kappa shape index (κ3) is 5.37. The fraction of sp³-hybridized carbons (Fsp3) is 0.462. The molecule has 0 saturated carbocycles. The van der Waals surface area contributed by atoms with Gasteiger partial charge in [0.15, 0.2) is 0 Å². The van der Waals surface area contributed by atoms with E-state index in [0.29, 0.717) is 5.02 Å². The molecule has 0 radical (unpaired) electrons. The predicted octanol–water partition coefficient (Wildman–Crippen LogP) is 2.30. The fourth-order valence-electron chi connectivity index (χ4n) is 1.71. The van der Waals surface area contributed by atoms with Crippen LogP contribution in [0.4, 0.5) is 0 Å². The van der Waals surface area contributed by atoms with Crippen molar-refractivity contribution in [3.05, 3.63) is 34.9 Å². The van der Waals surface area contributed by atoms with Crippen molar-refractivity contribution in [2.75, 3.05) is 7.11 Å². The lowest BCUT2D eigenvalue weighted by atomic mass is 10.0. The van der Waals surface area contributed by atoms with Crippen LogP contribution in [0.5, 0.6) is 0 Å². The minimum absolute atomic E-state index is 0. The van der Waals surface area contributed by atoms with Gasteiger partial charge in [0.1, 0.15) is 6.10 Å². The summed E-state index contributed by atoms with van der Waals surface area (Å²) in [6.07, 6.45) is -0.232. The monoisotopic (exact) mass is 306 g/mol. The van der Waals surface area contributed by atoms with Gasteiger partial charge in [0.05, 0.1) is 12.1 Å². The van der Waals surface area contributed by atoms with E-state index >= 15 is 0 Å². The van der Waals surface area contributed by atoms with E-state index < -0.39 is 6.04 Å². The van der Waals surface area contributed by atoms with Gasteiger partial charge in [-0.15, -0.1) is 12.4 Å². The quantitative estimate of drug-likeness (QED) is 0.877. The van der Waals surface area contributed by atoms with Crippen LogP contribution in [0.1, 0.15) is 25.5 Å². The van der Waals surface area contributed by atoms with Gasteiger partial charge in [-0.25, -0.2) is 0 Å². The molecule has 2 unspecified atom stereocenters. The second-order valence-electron chi connectivity index (χ2n) is 4.29. The highest BCUT2D eigenvalue weighted by Crippen LogP contribution is 2.22. The molecule has 0 aliphatic heterocycles. The molecule has 108 valence electrons. The maximum absolute atomic E-state index is 11.5. The van der Waals surface area contributed by atoms with Crippen molar-refractivity contribution in [1.82, 2.24) is 5.32 Å². The Balaban J connectivity index is 0.00000324. The molecule has 3 N–H and O–H groups in total. The molecular formula is C13H20Cl2N2O2. The van der Waals surface area contributed by atoms with Crippen molar-refractivity contribution in [3.63, 3.8) is 0 Å².